The molecule has 0 aliphatic carbocycles. The fraction of sp³-hybridized carbons (Fsp3) is 0.222. The van der Waals surface area contributed by atoms with E-state index in [1.165, 1.54) is 0 Å². The Labute approximate surface area is 76.3 Å². The predicted molar refractivity (Wildman–Crippen MR) is 49.9 cm³/mol. The Morgan fingerprint density at radius 3 is 2.62 bits per heavy atom. The Balaban J connectivity index is 2.17. The minimum atomic E-state index is -0.416. The maximum absolute atomic E-state index is 11.1. The summed E-state index contributed by atoms with van der Waals surface area (Å²) in [6, 6.07) is 9.22. The van der Waals surface area contributed by atoms with Gasteiger partial charge in [-0.1, -0.05) is 18.2 Å². The van der Waals surface area contributed by atoms with Crippen LogP contribution in [0, 0.1) is 0 Å². The number of nitrogens with one attached hydrogen (secondary N) is 1. The monoisotopic (exact) mass is 177 g/mol. The van der Waals surface area contributed by atoms with Gasteiger partial charge in [0.2, 0.25) is 0 Å². The number of carbonyl (C=O) groups is 1. The molecule has 4 nitrogen and oxygen atoms in total. The third-order valence-electron chi connectivity index (χ3n) is 2.03. The van der Waals surface area contributed by atoms with Crippen molar-refractivity contribution in [3.63, 3.8) is 0 Å². The van der Waals surface area contributed by atoms with E-state index in [4.69, 9.17) is 5.73 Å². The third kappa shape index (κ3) is 1.48. The van der Waals surface area contributed by atoms with Gasteiger partial charge >= 0.3 is 0 Å². The van der Waals surface area contributed by atoms with Gasteiger partial charge in [-0.2, -0.15) is 0 Å². The molecule has 0 aromatic heterocycles. The van der Waals surface area contributed by atoms with Gasteiger partial charge in [-0.3, -0.25) is 15.2 Å². The molecule has 0 spiro atoms. The van der Waals surface area contributed by atoms with Crippen LogP contribution < -0.4 is 16.2 Å². The molecule has 1 aromatic rings. The average molecular weight is 177 g/mol. The van der Waals surface area contributed by atoms with E-state index in [1.54, 1.807) is 5.01 Å². The first kappa shape index (κ1) is 8.07. The van der Waals surface area contributed by atoms with Crippen molar-refractivity contribution >= 4 is 11.6 Å². The van der Waals surface area contributed by atoms with Crippen LogP contribution >= 0.6 is 0 Å². The SMILES string of the molecule is NC1CN(c2ccccc2)NC1=O. The van der Waals surface area contributed by atoms with E-state index < -0.39 is 6.04 Å². The number of para-hydroxylation sites is 1. The lowest BCUT2D eigenvalue weighted by atomic mass is 10.3. The molecule has 3 N–H and O–H groups in total. The van der Waals surface area contributed by atoms with Crippen molar-refractivity contribution in [2.75, 3.05) is 11.6 Å². The zero-order valence-electron chi connectivity index (χ0n) is 7.10. The van der Waals surface area contributed by atoms with Crippen molar-refractivity contribution in [1.29, 1.82) is 0 Å². The van der Waals surface area contributed by atoms with Crippen LogP contribution in [0.4, 0.5) is 5.69 Å². The molecule has 0 radical (unpaired) electrons. The maximum atomic E-state index is 11.1. The van der Waals surface area contributed by atoms with Gasteiger partial charge in [-0.25, -0.2) is 0 Å². The fourth-order valence-corrected chi connectivity index (χ4v) is 1.32. The zero-order valence-corrected chi connectivity index (χ0v) is 7.10. The van der Waals surface area contributed by atoms with Crippen molar-refractivity contribution in [3.05, 3.63) is 30.3 Å². The second-order valence-corrected chi connectivity index (χ2v) is 3.03. The van der Waals surface area contributed by atoms with E-state index in [0.29, 0.717) is 6.54 Å². The normalized spacial score (nSPS) is 21.8. The molecule has 1 heterocycles. The van der Waals surface area contributed by atoms with Gasteiger partial charge in [0.15, 0.2) is 0 Å². The van der Waals surface area contributed by atoms with Gasteiger partial charge in [0.05, 0.1) is 12.2 Å². The van der Waals surface area contributed by atoms with Crippen LogP contribution in [0.2, 0.25) is 0 Å². The molecule has 1 aromatic carbocycles. The Morgan fingerprint density at radius 2 is 2.08 bits per heavy atom. The minimum absolute atomic E-state index is 0.121. The van der Waals surface area contributed by atoms with Gasteiger partial charge in [0.25, 0.3) is 5.91 Å². The molecule has 0 bridgehead atoms. The van der Waals surface area contributed by atoms with Crippen LogP contribution in [0.3, 0.4) is 0 Å². The summed E-state index contributed by atoms with van der Waals surface area (Å²) in [7, 11) is 0. The van der Waals surface area contributed by atoms with Gasteiger partial charge in [0.1, 0.15) is 6.04 Å². The fourth-order valence-electron chi connectivity index (χ4n) is 1.32. The lowest BCUT2D eigenvalue weighted by molar-refractivity contribution is -0.120. The summed E-state index contributed by atoms with van der Waals surface area (Å²) < 4.78 is 0. The van der Waals surface area contributed by atoms with E-state index in [-0.39, 0.29) is 5.91 Å². The highest BCUT2D eigenvalue weighted by molar-refractivity contribution is 5.86. The molecule has 2 rings (SSSR count). The van der Waals surface area contributed by atoms with Gasteiger partial charge in [-0.15, -0.1) is 0 Å². The van der Waals surface area contributed by atoms with Crippen LogP contribution in [0.5, 0.6) is 0 Å². The second-order valence-electron chi connectivity index (χ2n) is 3.03. The average Bonchev–Trinajstić information content (AvgIpc) is 2.49. The number of hydrogen-bond acceptors (Lipinski definition) is 3. The van der Waals surface area contributed by atoms with Gasteiger partial charge < -0.3 is 5.73 Å². The van der Waals surface area contributed by atoms with Crippen molar-refractivity contribution in [1.82, 2.24) is 5.43 Å². The smallest absolute Gasteiger partial charge is 0.257 e. The van der Waals surface area contributed by atoms with Crippen LogP contribution in [-0.2, 0) is 4.79 Å². The molecule has 1 aliphatic rings. The molecule has 1 atom stereocenters. The van der Waals surface area contributed by atoms with E-state index >= 15 is 0 Å². The zero-order chi connectivity index (χ0) is 9.26. The summed E-state index contributed by atoms with van der Waals surface area (Å²) in [5, 5.41) is 1.76. The van der Waals surface area contributed by atoms with E-state index in [0.717, 1.165) is 5.69 Å². The number of rotatable bonds is 1. The van der Waals surface area contributed by atoms with E-state index in [1.807, 2.05) is 30.3 Å². The summed E-state index contributed by atoms with van der Waals surface area (Å²) in [5.74, 6) is -0.121. The van der Waals surface area contributed by atoms with E-state index in [9.17, 15) is 4.79 Å². The molecule has 1 fully saturated rings. The van der Waals surface area contributed by atoms with Crippen molar-refractivity contribution in [3.8, 4) is 0 Å². The molecular formula is C9H11N3O. The number of amides is 1. The standard InChI is InChI=1S/C9H11N3O/c10-8-6-12(11-9(8)13)7-4-2-1-3-5-7/h1-5,8H,6,10H2,(H,11,13). The summed E-state index contributed by atoms with van der Waals surface area (Å²) in [6.07, 6.45) is 0. The highest BCUT2D eigenvalue weighted by Gasteiger charge is 2.26. The highest BCUT2D eigenvalue weighted by Crippen LogP contribution is 2.13. The number of benzene rings is 1. The number of hydrazine groups is 1. The second kappa shape index (κ2) is 3.06. The van der Waals surface area contributed by atoms with Crippen LogP contribution in [-0.4, -0.2) is 18.5 Å². The van der Waals surface area contributed by atoms with Crippen molar-refractivity contribution in [2.24, 2.45) is 5.73 Å². The number of nitrogens with zero attached hydrogens (tertiary/aromatic N) is 1. The predicted octanol–water partition coefficient (Wildman–Crippen LogP) is -0.135. The number of carbonyl (C=O) groups excluding carboxylic acids is 1. The Bertz CT molecular complexity index is 312. The van der Waals surface area contributed by atoms with E-state index in [2.05, 4.69) is 5.43 Å². The van der Waals surface area contributed by atoms with Crippen LogP contribution in [0.25, 0.3) is 0 Å². The first-order valence-corrected chi connectivity index (χ1v) is 4.16. The summed E-state index contributed by atoms with van der Waals surface area (Å²) in [4.78, 5) is 11.1. The number of nitrogens with two attached hydrogens (primary N) is 1. The summed E-state index contributed by atoms with van der Waals surface area (Å²) in [5.41, 5.74) is 9.20. The molecule has 1 unspecified atom stereocenters. The molecule has 1 saturated heterocycles. The molecule has 13 heavy (non-hydrogen) atoms. The first-order valence-electron chi connectivity index (χ1n) is 4.16. The molecule has 4 heteroatoms. The number of anilines is 1. The van der Waals surface area contributed by atoms with Crippen molar-refractivity contribution < 1.29 is 4.79 Å². The topological polar surface area (TPSA) is 58.4 Å². The Hall–Kier alpha value is -1.55. The molecule has 1 amide bonds. The number of hydrogen-bond donors (Lipinski definition) is 2. The van der Waals surface area contributed by atoms with Gasteiger partial charge in [0, 0.05) is 0 Å². The molecule has 68 valence electrons. The third-order valence-corrected chi connectivity index (χ3v) is 2.03. The first-order chi connectivity index (χ1) is 6.27. The van der Waals surface area contributed by atoms with Gasteiger partial charge in [-0.05, 0) is 12.1 Å². The maximum Gasteiger partial charge on any atom is 0.257 e. The van der Waals surface area contributed by atoms with Crippen LogP contribution in [0.1, 0.15) is 0 Å². The van der Waals surface area contributed by atoms with Crippen molar-refractivity contribution in [2.45, 2.75) is 6.04 Å². The minimum Gasteiger partial charge on any atom is -0.318 e. The Morgan fingerprint density at radius 1 is 1.38 bits per heavy atom. The van der Waals surface area contributed by atoms with Crippen LogP contribution in [0.15, 0.2) is 30.3 Å². The molecular weight excluding hydrogens is 166 g/mol. The lowest BCUT2D eigenvalue weighted by Crippen LogP contribution is -2.33. The molecule has 0 saturated carbocycles. The largest absolute Gasteiger partial charge is 0.318 e. The lowest BCUT2D eigenvalue weighted by Gasteiger charge is -2.16. The quantitative estimate of drug-likeness (QED) is 0.628. The molecule has 1 aliphatic heterocycles. The highest BCUT2D eigenvalue weighted by atomic mass is 16.2. The summed E-state index contributed by atoms with van der Waals surface area (Å²) >= 11 is 0. The summed E-state index contributed by atoms with van der Waals surface area (Å²) in [6.45, 7) is 0.531. The Kier molecular flexibility index (Phi) is 1.90.